The molecular weight excluding hydrogens is 627 g/mol. The molecule has 11 nitrogen and oxygen atoms in total. The number of carbonyl (C=O) groups excluding carboxylic acids is 6. The molecule has 2 aromatic rings. The van der Waals surface area contributed by atoms with Crippen molar-refractivity contribution in [3.8, 4) is 0 Å². The molecule has 0 aliphatic rings. The quantitative estimate of drug-likeness (QED) is 0.176. The number of amides is 4. The molecule has 0 radical (unpaired) electrons. The molecule has 2 aromatic carbocycles. The van der Waals surface area contributed by atoms with Gasteiger partial charge in [-0.25, -0.2) is 9.18 Å². The monoisotopic (exact) mass is 672 g/mol. The number of Topliss-reactive ketones (excluding diaryl/α,β-unsaturated/α-hetero) is 2. The summed E-state index contributed by atoms with van der Waals surface area (Å²) in [6.45, 7) is 4.59. The van der Waals surface area contributed by atoms with E-state index in [1.165, 1.54) is 36.0 Å². The highest BCUT2D eigenvalue weighted by Crippen LogP contribution is 2.16. The summed E-state index contributed by atoms with van der Waals surface area (Å²) in [6.07, 6.45) is 1.11. The fourth-order valence-electron chi connectivity index (χ4n) is 4.52. The van der Waals surface area contributed by atoms with Gasteiger partial charge in [0.2, 0.25) is 17.7 Å². The number of primary amides is 1. The van der Waals surface area contributed by atoms with Crippen LogP contribution in [0.2, 0.25) is 0 Å². The predicted octanol–water partition coefficient (Wildman–Crippen LogP) is 3.27. The predicted molar refractivity (Wildman–Crippen MR) is 178 cm³/mol. The van der Waals surface area contributed by atoms with E-state index in [-0.39, 0.29) is 37.9 Å². The zero-order valence-electron chi connectivity index (χ0n) is 27.3. The van der Waals surface area contributed by atoms with E-state index in [9.17, 15) is 33.2 Å². The summed E-state index contributed by atoms with van der Waals surface area (Å²) in [5.74, 6) is -3.05. The second-order valence-electron chi connectivity index (χ2n) is 12.1. The number of hydrogen-bond acceptors (Lipinski definition) is 8. The second kappa shape index (κ2) is 19.4. The number of benzene rings is 2. The third kappa shape index (κ3) is 15.7. The van der Waals surface area contributed by atoms with Gasteiger partial charge in [-0.2, -0.15) is 11.8 Å². The molecule has 0 fully saturated rings. The van der Waals surface area contributed by atoms with Crippen molar-refractivity contribution in [3.63, 3.8) is 0 Å². The lowest BCUT2D eigenvalue weighted by molar-refractivity contribution is -0.131. The third-order valence-corrected chi connectivity index (χ3v) is 7.62. The fraction of sp³-hybridized carbons (Fsp3) is 0.471. The Hall–Kier alpha value is -4.26. The van der Waals surface area contributed by atoms with Crippen LogP contribution in [0.5, 0.6) is 0 Å². The Kier molecular flexibility index (Phi) is 16.1. The maximum Gasteiger partial charge on any atom is 0.408 e. The number of thioether (sulfide) groups is 1. The molecular formula is C34H45FN4O7S. The van der Waals surface area contributed by atoms with Crippen molar-refractivity contribution in [2.45, 2.75) is 77.0 Å². The number of alkyl carbamates (subject to hydrolysis) is 1. The molecule has 0 bridgehead atoms. The van der Waals surface area contributed by atoms with E-state index >= 15 is 0 Å². The molecule has 0 aliphatic heterocycles. The molecule has 0 heterocycles. The van der Waals surface area contributed by atoms with Crippen LogP contribution in [0.4, 0.5) is 9.18 Å². The van der Waals surface area contributed by atoms with Crippen molar-refractivity contribution in [1.29, 1.82) is 0 Å². The van der Waals surface area contributed by atoms with Crippen molar-refractivity contribution in [2.75, 3.05) is 18.6 Å². The molecule has 47 heavy (non-hydrogen) atoms. The van der Waals surface area contributed by atoms with Gasteiger partial charge >= 0.3 is 6.09 Å². The number of carbonyl (C=O) groups is 6. The topological polar surface area (TPSA) is 174 Å². The summed E-state index contributed by atoms with van der Waals surface area (Å²) in [7, 11) is 0. The number of ketones is 2. The number of hydrogen-bond donors (Lipinski definition) is 4. The van der Waals surface area contributed by atoms with Crippen molar-refractivity contribution >= 4 is 47.1 Å². The SMILES string of the molecule is CSCCC(CC(=O)C(Cc1ccccc1)NC(=O)CCC(=O)CNC(=O)[C@@H](Cc1ccc(F)cc1)NC(=O)OC(C)(C)C)C(N)=O. The van der Waals surface area contributed by atoms with Gasteiger partial charge in [-0.1, -0.05) is 42.5 Å². The first-order chi connectivity index (χ1) is 22.2. The van der Waals surface area contributed by atoms with E-state index in [4.69, 9.17) is 10.5 Å². The van der Waals surface area contributed by atoms with Gasteiger partial charge in [-0.05, 0) is 68.9 Å². The standard InChI is InChI=1S/C34H45FN4O7S/c1-34(2,3)46-33(45)39-28(19-23-10-12-25(35)13-11-23)32(44)37-21-26(40)14-15-30(42)38-27(18-22-8-6-5-7-9-22)29(41)20-24(31(36)43)16-17-47-4/h5-13,24,27-28H,14-21H2,1-4H3,(H2,36,43)(H,37,44)(H,38,42)(H,39,45)/t24?,27?,28-/m1/s1. The molecule has 4 amide bonds. The van der Waals surface area contributed by atoms with Crippen LogP contribution in [0.1, 0.15) is 57.6 Å². The van der Waals surface area contributed by atoms with E-state index in [1.54, 1.807) is 20.8 Å². The van der Waals surface area contributed by atoms with Crippen molar-refractivity contribution in [3.05, 3.63) is 71.5 Å². The molecule has 0 saturated heterocycles. The van der Waals surface area contributed by atoms with Gasteiger partial charge < -0.3 is 26.4 Å². The first kappa shape index (κ1) is 38.9. The molecule has 0 saturated carbocycles. The van der Waals surface area contributed by atoms with Gasteiger partial charge in [0, 0.05) is 31.6 Å². The average Bonchev–Trinajstić information content (AvgIpc) is 3.00. The van der Waals surface area contributed by atoms with Crippen LogP contribution in [0.15, 0.2) is 54.6 Å². The van der Waals surface area contributed by atoms with Gasteiger partial charge in [-0.15, -0.1) is 0 Å². The first-order valence-electron chi connectivity index (χ1n) is 15.3. The Morgan fingerprint density at radius 1 is 0.872 bits per heavy atom. The second-order valence-corrected chi connectivity index (χ2v) is 13.1. The van der Waals surface area contributed by atoms with E-state index in [0.29, 0.717) is 17.7 Å². The third-order valence-electron chi connectivity index (χ3n) is 6.98. The highest BCUT2D eigenvalue weighted by molar-refractivity contribution is 7.98. The minimum atomic E-state index is -1.13. The Balaban J connectivity index is 1.99. The maximum absolute atomic E-state index is 13.4. The Bertz CT molecular complexity index is 1370. The maximum atomic E-state index is 13.4. The molecule has 256 valence electrons. The lowest BCUT2D eigenvalue weighted by atomic mass is 9.92. The summed E-state index contributed by atoms with van der Waals surface area (Å²) < 4.78 is 18.6. The molecule has 0 aromatic heterocycles. The fourth-order valence-corrected chi connectivity index (χ4v) is 5.04. The minimum absolute atomic E-state index is 0.00662. The van der Waals surface area contributed by atoms with E-state index in [1.807, 2.05) is 36.6 Å². The molecule has 2 rings (SSSR count). The van der Waals surface area contributed by atoms with Crippen LogP contribution in [0.3, 0.4) is 0 Å². The van der Waals surface area contributed by atoms with Gasteiger partial charge in [-0.3, -0.25) is 24.0 Å². The first-order valence-corrected chi connectivity index (χ1v) is 16.7. The summed E-state index contributed by atoms with van der Waals surface area (Å²) in [5.41, 5.74) is 6.08. The average molecular weight is 673 g/mol. The number of rotatable bonds is 19. The van der Waals surface area contributed by atoms with E-state index in [0.717, 1.165) is 5.56 Å². The summed E-state index contributed by atoms with van der Waals surface area (Å²) >= 11 is 1.53. The molecule has 0 aliphatic carbocycles. The van der Waals surface area contributed by atoms with Crippen molar-refractivity contribution in [1.82, 2.24) is 16.0 Å². The number of nitrogens with two attached hydrogens (primary N) is 1. The summed E-state index contributed by atoms with van der Waals surface area (Å²) in [5, 5.41) is 7.67. The van der Waals surface area contributed by atoms with Crippen LogP contribution < -0.4 is 21.7 Å². The normalized spacial score (nSPS) is 13.0. The molecule has 5 N–H and O–H groups in total. The lowest BCUT2D eigenvalue weighted by Crippen LogP contribution is -2.50. The minimum Gasteiger partial charge on any atom is -0.444 e. The smallest absolute Gasteiger partial charge is 0.408 e. The van der Waals surface area contributed by atoms with E-state index in [2.05, 4.69) is 16.0 Å². The number of halogens is 1. The lowest BCUT2D eigenvalue weighted by Gasteiger charge is -2.23. The molecule has 13 heteroatoms. The van der Waals surface area contributed by atoms with Crippen LogP contribution in [-0.4, -0.2) is 71.6 Å². The van der Waals surface area contributed by atoms with Gasteiger partial charge in [0.1, 0.15) is 17.5 Å². The van der Waals surface area contributed by atoms with Crippen LogP contribution >= 0.6 is 11.8 Å². The van der Waals surface area contributed by atoms with Crippen molar-refractivity contribution < 1.29 is 37.9 Å². The molecule has 0 spiro atoms. The zero-order valence-corrected chi connectivity index (χ0v) is 28.1. The largest absolute Gasteiger partial charge is 0.444 e. The number of nitrogens with one attached hydrogen (secondary N) is 3. The van der Waals surface area contributed by atoms with Gasteiger partial charge in [0.05, 0.1) is 12.6 Å². The Morgan fingerprint density at radius 3 is 2.09 bits per heavy atom. The van der Waals surface area contributed by atoms with Crippen LogP contribution in [-0.2, 0) is 41.6 Å². The van der Waals surface area contributed by atoms with Gasteiger partial charge in [0.15, 0.2) is 11.6 Å². The van der Waals surface area contributed by atoms with E-state index < -0.39 is 65.6 Å². The Morgan fingerprint density at radius 2 is 1.49 bits per heavy atom. The summed E-state index contributed by atoms with van der Waals surface area (Å²) in [4.78, 5) is 76.1. The number of ether oxygens (including phenoxy) is 1. The summed E-state index contributed by atoms with van der Waals surface area (Å²) in [6, 6.07) is 12.4. The van der Waals surface area contributed by atoms with Crippen molar-refractivity contribution in [2.24, 2.45) is 11.7 Å². The zero-order chi connectivity index (χ0) is 35.0. The van der Waals surface area contributed by atoms with Crippen LogP contribution in [0, 0.1) is 11.7 Å². The Labute approximate surface area is 279 Å². The highest BCUT2D eigenvalue weighted by atomic mass is 32.2. The highest BCUT2D eigenvalue weighted by Gasteiger charge is 2.28. The van der Waals surface area contributed by atoms with Crippen LogP contribution in [0.25, 0.3) is 0 Å². The van der Waals surface area contributed by atoms with Gasteiger partial charge in [0.25, 0.3) is 0 Å². The molecule has 2 unspecified atom stereocenters. The molecule has 3 atom stereocenters.